The van der Waals surface area contributed by atoms with E-state index in [1.807, 2.05) is 91.0 Å². The lowest BCUT2D eigenvalue weighted by Gasteiger charge is -2.17. The molecule has 0 fully saturated rings. The molecule has 0 saturated carbocycles. The number of hydrogen-bond donors (Lipinski definition) is 0. The number of rotatable bonds is 3. The van der Waals surface area contributed by atoms with E-state index in [1.54, 1.807) is 0 Å². The molecule has 0 N–H and O–H groups in total. The molecular formula is C26H15FN2. The van der Waals surface area contributed by atoms with E-state index in [4.69, 9.17) is 0 Å². The predicted octanol–water partition coefficient (Wildman–Crippen LogP) is 6.57. The topological polar surface area (TPSA) is 47.6 Å². The van der Waals surface area contributed by atoms with Crippen molar-refractivity contribution >= 4 is 0 Å². The summed E-state index contributed by atoms with van der Waals surface area (Å²) < 4.78 is 14.4. The summed E-state index contributed by atoms with van der Waals surface area (Å²) in [5.74, 6) is -0.780. The van der Waals surface area contributed by atoms with Gasteiger partial charge in [0.05, 0.1) is 11.1 Å². The third-order valence-corrected chi connectivity index (χ3v) is 4.84. The van der Waals surface area contributed by atoms with E-state index in [1.165, 1.54) is 12.1 Å². The molecule has 0 bridgehead atoms. The predicted molar refractivity (Wildman–Crippen MR) is 112 cm³/mol. The van der Waals surface area contributed by atoms with Crippen LogP contribution in [0.5, 0.6) is 0 Å². The molecule has 0 saturated heterocycles. The molecule has 0 atom stereocenters. The Bertz CT molecular complexity index is 1170. The SMILES string of the molecule is N#Cc1cc(-c2c(-c3ccccc3)cccc2-c2ccccc2)cc(C#N)c1F. The lowest BCUT2D eigenvalue weighted by Crippen LogP contribution is -1.95. The number of nitriles is 2. The summed E-state index contributed by atoms with van der Waals surface area (Å²) in [4.78, 5) is 0. The van der Waals surface area contributed by atoms with Gasteiger partial charge >= 0.3 is 0 Å². The van der Waals surface area contributed by atoms with Crippen molar-refractivity contribution in [2.45, 2.75) is 0 Å². The van der Waals surface area contributed by atoms with Crippen molar-refractivity contribution in [1.29, 1.82) is 10.5 Å². The molecule has 0 aliphatic heterocycles. The smallest absolute Gasteiger partial charge is 0.158 e. The van der Waals surface area contributed by atoms with Crippen molar-refractivity contribution in [3.05, 3.63) is 108 Å². The van der Waals surface area contributed by atoms with E-state index in [0.29, 0.717) is 5.56 Å². The average Bonchev–Trinajstić information content (AvgIpc) is 2.80. The maximum absolute atomic E-state index is 14.4. The molecule has 0 aliphatic carbocycles. The maximum atomic E-state index is 14.4. The van der Waals surface area contributed by atoms with Gasteiger partial charge in [0.25, 0.3) is 0 Å². The van der Waals surface area contributed by atoms with Crippen LogP contribution in [0.1, 0.15) is 11.1 Å². The van der Waals surface area contributed by atoms with Gasteiger partial charge in [-0.25, -0.2) is 4.39 Å². The van der Waals surface area contributed by atoms with E-state index < -0.39 is 5.82 Å². The summed E-state index contributed by atoms with van der Waals surface area (Å²) in [5.41, 5.74) is 5.12. The van der Waals surface area contributed by atoms with Crippen LogP contribution in [-0.4, -0.2) is 0 Å². The quantitative estimate of drug-likeness (QED) is 0.407. The van der Waals surface area contributed by atoms with Crippen LogP contribution in [-0.2, 0) is 0 Å². The van der Waals surface area contributed by atoms with Crippen molar-refractivity contribution in [1.82, 2.24) is 0 Å². The summed E-state index contributed by atoms with van der Waals surface area (Å²) in [6.45, 7) is 0. The molecule has 4 aromatic rings. The number of hydrogen-bond acceptors (Lipinski definition) is 2. The van der Waals surface area contributed by atoms with E-state index in [2.05, 4.69) is 0 Å². The molecule has 3 heteroatoms. The van der Waals surface area contributed by atoms with E-state index in [0.717, 1.165) is 27.8 Å². The Morgan fingerprint density at radius 3 is 1.41 bits per heavy atom. The fraction of sp³-hybridized carbons (Fsp3) is 0. The highest BCUT2D eigenvalue weighted by Gasteiger charge is 2.18. The molecule has 4 rings (SSSR count). The number of halogens is 1. The fourth-order valence-corrected chi connectivity index (χ4v) is 3.51. The van der Waals surface area contributed by atoms with Gasteiger partial charge in [-0.15, -0.1) is 0 Å². The number of nitrogens with zero attached hydrogens (tertiary/aromatic N) is 2. The summed E-state index contributed by atoms with van der Waals surface area (Å²) in [7, 11) is 0. The minimum absolute atomic E-state index is 0.138. The van der Waals surface area contributed by atoms with Crippen molar-refractivity contribution in [3.8, 4) is 45.5 Å². The Labute approximate surface area is 168 Å². The highest BCUT2D eigenvalue weighted by Crippen LogP contribution is 2.40. The molecule has 0 aliphatic rings. The van der Waals surface area contributed by atoms with Crippen molar-refractivity contribution in [3.63, 3.8) is 0 Å². The van der Waals surface area contributed by atoms with E-state index in [-0.39, 0.29) is 11.1 Å². The molecule has 0 spiro atoms. The third-order valence-electron chi connectivity index (χ3n) is 4.84. The van der Waals surface area contributed by atoms with Gasteiger partial charge in [0.15, 0.2) is 5.82 Å². The van der Waals surface area contributed by atoms with E-state index >= 15 is 0 Å². The normalized spacial score (nSPS) is 10.2. The van der Waals surface area contributed by atoms with Gasteiger partial charge in [-0.1, -0.05) is 78.9 Å². The highest BCUT2D eigenvalue weighted by atomic mass is 19.1. The minimum Gasteiger partial charge on any atom is -0.204 e. The molecule has 0 heterocycles. The van der Waals surface area contributed by atoms with Crippen LogP contribution in [0.4, 0.5) is 4.39 Å². The summed E-state index contributed by atoms with van der Waals surface area (Å²) in [6.07, 6.45) is 0. The Hall–Kier alpha value is -4.21. The number of benzene rings is 4. The van der Waals surface area contributed by atoms with Crippen LogP contribution < -0.4 is 0 Å². The molecule has 0 unspecified atom stereocenters. The third kappa shape index (κ3) is 3.38. The zero-order valence-electron chi connectivity index (χ0n) is 15.4. The fourth-order valence-electron chi connectivity index (χ4n) is 3.51. The van der Waals surface area contributed by atoms with Crippen molar-refractivity contribution in [2.75, 3.05) is 0 Å². The Kier molecular flexibility index (Phi) is 4.89. The van der Waals surface area contributed by atoms with Crippen LogP contribution in [0.25, 0.3) is 33.4 Å². The van der Waals surface area contributed by atoms with Gasteiger partial charge in [-0.2, -0.15) is 10.5 Å². The maximum Gasteiger partial charge on any atom is 0.158 e. The Morgan fingerprint density at radius 1 is 0.552 bits per heavy atom. The lowest BCUT2D eigenvalue weighted by atomic mass is 9.86. The lowest BCUT2D eigenvalue weighted by molar-refractivity contribution is 0.620. The first-order valence-electron chi connectivity index (χ1n) is 9.11. The first-order valence-corrected chi connectivity index (χ1v) is 9.11. The van der Waals surface area contributed by atoms with Crippen LogP contribution >= 0.6 is 0 Å². The first-order chi connectivity index (χ1) is 14.2. The van der Waals surface area contributed by atoms with Gasteiger partial charge in [0, 0.05) is 0 Å². The Morgan fingerprint density at radius 2 is 1.00 bits per heavy atom. The molecule has 0 aromatic heterocycles. The van der Waals surface area contributed by atoms with Crippen molar-refractivity contribution in [2.24, 2.45) is 0 Å². The standard InChI is InChI=1S/C26H15FN2/c27-26-21(16-28)14-20(15-22(26)17-29)25-23(18-8-3-1-4-9-18)12-7-13-24(25)19-10-5-2-6-11-19/h1-15H. The van der Waals surface area contributed by atoms with Crippen LogP contribution in [0, 0.1) is 28.5 Å². The monoisotopic (exact) mass is 374 g/mol. The van der Waals surface area contributed by atoms with Gasteiger partial charge < -0.3 is 0 Å². The van der Waals surface area contributed by atoms with Gasteiger partial charge in [-0.05, 0) is 45.5 Å². The van der Waals surface area contributed by atoms with Crippen LogP contribution in [0.3, 0.4) is 0 Å². The molecular weight excluding hydrogens is 359 g/mol. The highest BCUT2D eigenvalue weighted by molar-refractivity contribution is 5.95. The van der Waals surface area contributed by atoms with Gasteiger partial charge in [0.1, 0.15) is 12.1 Å². The summed E-state index contributed by atoms with van der Waals surface area (Å²) in [6, 6.07) is 32.5. The van der Waals surface area contributed by atoms with E-state index in [9.17, 15) is 14.9 Å². The van der Waals surface area contributed by atoms with Gasteiger partial charge in [-0.3, -0.25) is 0 Å². The first kappa shape index (κ1) is 18.2. The Balaban J connectivity index is 2.09. The molecule has 4 aromatic carbocycles. The molecule has 29 heavy (non-hydrogen) atoms. The molecule has 0 amide bonds. The van der Waals surface area contributed by atoms with Crippen LogP contribution in [0.2, 0.25) is 0 Å². The zero-order valence-corrected chi connectivity index (χ0v) is 15.4. The second-order valence-electron chi connectivity index (χ2n) is 6.57. The van der Waals surface area contributed by atoms with Crippen LogP contribution in [0.15, 0.2) is 91.0 Å². The largest absolute Gasteiger partial charge is 0.204 e. The summed E-state index contributed by atoms with van der Waals surface area (Å²) >= 11 is 0. The molecule has 2 nitrogen and oxygen atoms in total. The second kappa shape index (κ2) is 7.80. The zero-order chi connectivity index (χ0) is 20.2. The molecule has 0 radical (unpaired) electrons. The van der Waals surface area contributed by atoms with Crippen molar-refractivity contribution < 1.29 is 4.39 Å². The van der Waals surface area contributed by atoms with Gasteiger partial charge in [0.2, 0.25) is 0 Å². The minimum atomic E-state index is -0.780. The average molecular weight is 374 g/mol. The molecule has 136 valence electrons. The summed E-state index contributed by atoms with van der Waals surface area (Å²) in [5, 5.41) is 18.8. The second-order valence-corrected chi connectivity index (χ2v) is 6.57.